The molecule has 0 saturated carbocycles. The maximum Gasteiger partial charge on any atom is 0.290 e. The molecular weight excluding hydrogens is 370 g/mol. The van der Waals surface area contributed by atoms with Gasteiger partial charge in [-0.25, -0.2) is 0 Å². The summed E-state index contributed by atoms with van der Waals surface area (Å²) < 4.78 is 5.44. The summed E-state index contributed by atoms with van der Waals surface area (Å²) in [6, 6.07) is 24.1. The van der Waals surface area contributed by atoms with Crippen LogP contribution < -0.4 is 10.1 Å². The van der Waals surface area contributed by atoms with Gasteiger partial charge < -0.3 is 4.74 Å². The molecule has 5 heteroatoms. The van der Waals surface area contributed by atoms with Crippen LogP contribution in [0.2, 0.25) is 0 Å². The zero-order valence-corrected chi connectivity index (χ0v) is 16.0. The van der Waals surface area contributed by atoms with Crippen molar-refractivity contribution in [1.29, 1.82) is 0 Å². The Kier molecular flexibility index (Phi) is 5.00. The Hall–Kier alpha value is -3.31. The number of benzene rings is 3. The Balaban J connectivity index is 1.56. The Bertz CT molecular complexity index is 1070. The Labute approximate surface area is 167 Å². The highest BCUT2D eigenvalue weighted by Crippen LogP contribution is 2.31. The number of methoxy groups -OCH3 is 1. The molecule has 2 amide bonds. The van der Waals surface area contributed by atoms with Crippen LogP contribution in [0.4, 0.5) is 4.79 Å². The van der Waals surface area contributed by atoms with Crippen LogP contribution in [0.25, 0.3) is 28.3 Å². The number of ether oxygens (including phenoxy) is 1. The van der Waals surface area contributed by atoms with E-state index in [1.165, 1.54) is 0 Å². The van der Waals surface area contributed by atoms with E-state index in [-0.39, 0.29) is 11.1 Å². The first-order valence-corrected chi connectivity index (χ1v) is 9.54. The smallest absolute Gasteiger partial charge is 0.290 e. The number of hydrogen-bond donors (Lipinski definition) is 1. The van der Waals surface area contributed by atoms with Gasteiger partial charge in [0.05, 0.1) is 12.0 Å². The molecule has 0 radical (unpaired) electrons. The number of carbonyl (C=O) groups excluding carboxylic acids is 2. The minimum absolute atomic E-state index is 0.331. The third-order valence-electron chi connectivity index (χ3n) is 4.49. The topological polar surface area (TPSA) is 55.4 Å². The van der Waals surface area contributed by atoms with E-state index in [9.17, 15) is 9.59 Å². The lowest BCUT2D eigenvalue weighted by molar-refractivity contribution is -0.115. The van der Waals surface area contributed by atoms with Crippen molar-refractivity contribution in [3.63, 3.8) is 0 Å². The number of nitrogens with one attached hydrogen (secondary N) is 1. The molecule has 3 aromatic carbocycles. The molecule has 1 aliphatic rings. The molecule has 0 spiro atoms. The Morgan fingerprint density at radius 3 is 2.04 bits per heavy atom. The second kappa shape index (κ2) is 7.74. The van der Waals surface area contributed by atoms with E-state index in [0.717, 1.165) is 45.3 Å². The van der Waals surface area contributed by atoms with E-state index in [1.54, 1.807) is 13.2 Å². The molecule has 0 bridgehead atoms. The summed E-state index contributed by atoms with van der Waals surface area (Å²) >= 11 is 0.923. The highest BCUT2D eigenvalue weighted by molar-refractivity contribution is 8.18. The normalized spacial score (nSPS) is 15.0. The van der Waals surface area contributed by atoms with Crippen molar-refractivity contribution >= 4 is 29.0 Å². The molecule has 28 heavy (non-hydrogen) atoms. The first-order chi connectivity index (χ1) is 13.6. The maximum absolute atomic E-state index is 11.6. The van der Waals surface area contributed by atoms with E-state index in [2.05, 4.69) is 29.6 Å². The van der Waals surface area contributed by atoms with E-state index in [1.807, 2.05) is 48.5 Å². The summed E-state index contributed by atoms with van der Waals surface area (Å²) in [5, 5.41) is 1.93. The van der Waals surface area contributed by atoms with Gasteiger partial charge in [-0.3, -0.25) is 14.9 Å². The minimum atomic E-state index is -0.342. The summed E-state index contributed by atoms with van der Waals surface area (Å²) in [4.78, 5) is 23.3. The lowest BCUT2D eigenvalue weighted by atomic mass is 9.99. The number of para-hydroxylation sites is 1. The van der Waals surface area contributed by atoms with Gasteiger partial charge in [0, 0.05) is 5.56 Å². The van der Waals surface area contributed by atoms with Crippen molar-refractivity contribution in [3.05, 3.63) is 83.3 Å². The standard InChI is InChI=1S/C23H17NO3S/c1-27-20-5-3-2-4-19(20)18-12-10-17(11-13-18)16-8-6-15(7-9-16)14-21-22(25)24-23(26)28-21/h2-14H,1H3,(H,24,25,26)/b21-14-. The summed E-state index contributed by atoms with van der Waals surface area (Å²) in [5.74, 6) is 0.506. The van der Waals surface area contributed by atoms with Crippen LogP contribution in [-0.4, -0.2) is 18.3 Å². The summed E-state index contributed by atoms with van der Waals surface area (Å²) in [5.41, 5.74) is 5.20. The molecule has 1 heterocycles. The predicted octanol–water partition coefficient (Wildman–Crippen LogP) is 5.35. The van der Waals surface area contributed by atoms with Crippen LogP contribution in [0.15, 0.2) is 77.7 Å². The zero-order valence-electron chi connectivity index (χ0n) is 15.1. The van der Waals surface area contributed by atoms with Gasteiger partial charge in [-0.05, 0) is 46.2 Å². The van der Waals surface area contributed by atoms with Crippen LogP contribution in [-0.2, 0) is 4.79 Å². The number of hydrogen-bond acceptors (Lipinski definition) is 4. The molecule has 0 atom stereocenters. The van der Waals surface area contributed by atoms with Crippen molar-refractivity contribution in [2.45, 2.75) is 0 Å². The quantitative estimate of drug-likeness (QED) is 0.613. The highest BCUT2D eigenvalue weighted by atomic mass is 32.2. The van der Waals surface area contributed by atoms with Crippen LogP contribution >= 0.6 is 11.8 Å². The first kappa shape index (κ1) is 18.1. The molecule has 1 saturated heterocycles. The molecule has 138 valence electrons. The first-order valence-electron chi connectivity index (χ1n) is 8.73. The Morgan fingerprint density at radius 1 is 0.821 bits per heavy atom. The summed E-state index contributed by atoms with van der Waals surface area (Å²) in [6.07, 6.45) is 1.72. The fourth-order valence-electron chi connectivity index (χ4n) is 3.07. The molecule has 3 aromatic rings. The number of imide groups is 1. The fraction of sp³-hybridized carbons (Fsp3) is 0.0435. The van der Waals surface area contributed by atoms with Crippen LogP contribution in [0.5, 0.6) is 5.75 Å². The van der Waals surface area contributed by atoms with E-state index < -0.39 is 0 Å². The minimum Gasteiger partial charge on any atom is -0.496 e. The highest BCUT2D eigenvalue weighted by Gasteiger charge is 2.24. The van der Waals surface area contributed by atoms with Gasteiger partial charge in [0.1, 0.15) is 5.75 Å². The van der Waals surface area contributed by atoms with Gasteiger partial charge in [0.15, 0.2) is 0 Å². The Morgan fingerprint density at radius 2 is 1.43 bits per heavy atom. The van der Waals surface area contributed by atoms with Gasteiger partial charge >= 0.3 is 0 Å². The van der Waals surface area contributed by atoms with E-state index >= 15 is 0 Å². The molecule has 1 N–H and O–H groups in total. The summed E-state index contributed by atoms with van der Waals surface area (Å²) in [7, 11) is 1.67. The van der Waals surface area contributed by atoms with E-state index in [4.69, 9.17) is 4.74 Å². The van der Waals surface area contributed by atoms with Gasteiger partial charge in [0.2, 0.25) is 0 Å². The molecular formula is C23H17NO3S. The molecule has 0 aromatic heterocycles. The molecule has 4 rings (SSSR count). The van der Waals surface area contributed by atoms with Gasteiger partial charge in [-0.2, -0.15) is 0 Å². The van der Waals surface area contributed by atoms with Crippen molar-refractivity contribution in [2.75, 3.05) is 7.11 Å². The van der Waals surface area contributed by atoms with Crippen LogP contribution in [0.3, 0.4) is 0 Å². The average Bonchev–Trinajstić information content (AvgIpc) is 3.05. The zero-order chi connectivity index (χ0) is 19.5. The predicted molar refractivity (Wildman–Crippen MR) is 113 cm³/mol. The second-order valence-electron chi connectivity index (χ2n) is 6.25. The van der Waals surface area contributed by atoms with Crippen molar-refractivity contribution in [3.8, 4) is 28.0 Å². The third kappa shape index (κ3) is 3.70. The number of carbonyl (C=O) groups is 2. The van der Waals surface area contributed by atoms with Crippen molar-refractivity contribution in [1.82, 2.24) is 5.32 Å². The molecule has 1 aliphatic heterocycles. The van der Waals surface area contributed by atoms with Crippen molar-refractivity contribution in [2.24, 2.45) is 0 Å². The van der Waals surface area contributed by atoms with Gasteiger partial charge in [-0.15, -0.1) is 0 Å². The van der Waals surface area contributed by atoms with Crippen LogP contribution in [0.1, 0.15) is 5.56 Å². The third-order valence-corrected chi connectivity index (χ3v) is 5.30. The van der Waals surface area contributed by atoms with Crippen molar-refractivity contribution < 1.29 is 14.3 Å². The maximum atomic E-state index is 11.6. The fourth-order valence-corrected chi connectivity index (χ4v) is 3.75. The second-order valence-corrected chi connectivity index (χ2v) is 7.27. The largest absolute Gasteiger partial charge is 0.496 e. The van der Waals surface area contributed by atoms with Crippen LogP contribution in [0, 0.1) is 0 Å². The molecule has 4 nitrogen and oxygen atoms in total. The molecule has 0 unspecified atom stereocenters. The number of thioether (sulfide) groups is 1. The summed E-state index contributed by atoms with van der Waals surface area (Å²) in [6.45, 7) is 0. The SMILES string of the molecule is COc1ccccc1-c1ccc(-c2ccc(/C=C3\SC(=O)NC3=O)cc2)cc1. The number of amides is 2. The lowest BCUT2D eigenvalue weighted by Crippen LogP contribution is -2.17. The number of rotatable bonds is 4. The monoisotopic (exact) mass is 387 g/mol. The molecule has 1 fully saturated rings. The molecule has 0 aliphatic carbocycles. The lowest BCUT2D eigenvalue weighted by Gasteiger charge is -2.09. The average molecular weight is 387 g/mol. The van der Waals surface area contributed by atoms with Gasteiger partial charge in [0.25, 0.3) is 11.1 Å². The van der Waals surface area contributed by atoms with Gasteiger partial charge in [-0.1, -0.05) is 66.7 Å². The van der Waals surface area contributed by atoms with E-state index in [0.29, 0.717) is 4.91 Å².